The van der Waals surface area contributed by atoms with Gasteiger partial charge in [-0.3, -0.25) is 0 Å². The lowest BCUT2D eigenvalue weighted by Crippen LogP contribution is -2.16. The average Bonchev–Trinajstić information content (AvgIpc) is 4.00. The van der Waals surface area contributed by atoms with Gasteiger partial charge in [0.2, 0.25) is 0 Å². The molecule has 0 spiro atoms. The van der Waals surface area contributed by atoms with E-state index in [1.807, 2.05) is 12.1 Å². The minimum absolute atomic E-state index is 0.118. The zero-order chi connectivity index (χ0) is 42.5. The van der Waals surface area contributed by atoms with Crippen LogP contribution in [-0.4, -0.2) is 0 Å². The van der Waals surface area contributed by atoms with Crippen LogP contribution in [-0.2, 0) is 5.41 Å². The van der Waals surface area contributed by atoms with Gasteiger partial charge in [-0.2, -0.15) is 0 Å². The van der Waals surface area contributed by atoms with Crippen LogP contribution in [0.4, 0.5) is 17.1 Å². The van der Waals surface area contributed by atoms with Crippen LogP contribution >= 0.6 is 0 Å². The Hall–Kier alpha value is -8.14. The SMILES string of the molecule is CC1(C)c2ccccc2-c2cccc(-c3ccc(N(c4ccc(-c5ccc6c(c5)oc5ccccc56)cc4)c4ccccc4-c4cccc5c4oc4c6ccccc6ccc54)cc3)c21. The summed E-state index contributed by atoms with van der Waals surface area (Å²) in [6.45, 7) is 4.72. The third-order valence-corrected chi connectivity index (χ3v) is 13.7. The first-order chi connectivity index (χ1) is 31.5. The standard InChI is InChI=1S/C61H41NO2/c1-61(2)54-22-8-5-15-46(54)50-19-11-18-44(58(50)61)40-27-33-43(34-28-40)62(42-31-25-38(26-32-42)41-30-35-49-48-17-7-10-24-56(48)63-57(49)37-41)55-23-9-6-16-47(55)51-20-12-21-52-53-36-29-39-13-3-4-14-45(39)59(53)64-60(51)52/h3-37H,1-2H3. The molecule has 0 radical (unpaired) electrons. The van der Waals surface area contributed by atoms with Crippen molar-refractivity contribution in [2.75, 3.05) is 4.90 Å². The number of fused-ring (bicyclic) bond motifs is 11. The summed E-state index contributed by atoms with van der Waals surface area (Å²) in [5, 5.41) is 6.78. The fourth-order valence-corrected chi connectivity index (χ4v) is 10.6. The number of nitrogens with zero attached hydrogens (tertiary/aromatic N) is 1. The second-order valence-electron chi connectivity index (χ2n) is 17.6. The molecular formula is C61H41NO2. The van der Waals surface area contributed by atoms with Crippen LogP contribution in [0.1, 0.15) is 25.0 Å². The minimum atomic E-state index is -0.118. The van der Waals surface area contributed by atoms with Gasteiger partial charge in [-0.05, 0) is 104 Å². The Morgan fingerprint density at radius 2 is 0.938 bits per heavy atom. The Morgan fingerprint density at radius 3 is 1.78 bits per heavy atom. The van der Waals surface area contributed by atoms with Gasteiger partial charge in [0.05, 0.1) is 5.69 Å². The molecule has 64 heavy (non-hydrogen) atoms. The van der Waals surface area contributed by atoms with E-state index in [2.05, 4.69) is 219 Å². The molecular weight excluding hydrogens is 779 g/mol. The fourth-order valence-electron chi connectivity index (χ4n) is 10.6. The van der Waals surface area contributed by atoms with Gasteiger partial charge in [0.15, 0.2) is 0 Å². The smallest absolute Gasteiger partial charge is 0.143 e. The normalized spacial score (nSPS) is 13.0. The maximum absolute atomic E-state index is 6.93. The topological polar surface area (TPSA) is 29.5 Å². The third-order valence-electron chi connectivity index (χ3n) is 13.7. The van der Waals surface area contributed by atoms with Crippen LogP contribution in [0, 0.1) is 0 Å². The molecule has 0 aliphatic heterocycles. The maximum atomic E-state index is 6.93. The van der Waals surface area contributed by atoms with Crippen molar-refractivity contribution >= 4 is 71.7 Å². The molecule has 0 fully saturated rings. The van der Waals surface area contributed by atoms with Crippen molar-refractivity contribution in [3.8, 4) is 44.5 Å². The van der Waals surface area contributed by atoms with Crippen LogP contribution < -0.4 is 4.90 Å². The summed E-state index contributed by atoms with van der Waals surface area (Å²) in [5.74, 6) is 0. The molecule has 0 saturated carbocycles. The highest BCUT2D eigenvalue weighted by molar-refractivity contribution is 6.17. The number of hydrogen-bond acceptors (Lipinski definition) is 3. The van der Waals surface area contributed by atoms with Crippen LogP contribution in [0.5, 0.6) is 0 Å². The zero-order valence-corrected chi connectivity index (χ0v) is 35.5. The van der Waals surface area contributed by atoms with E-state index in [1.165, 1.54) is 38.8 Å². The van der Waals surface area contributed by atoms with Crippen LogP contribution in [0.3, 0.4) is 0 Å². The molecule has 1 aliphatic rings. The first-order valence-electron chi connectivity index (χ1n) is 22.1. The highest BCUT2D eigenvalue weighted by Gasteiger charge is 2.37. The summed E-state index contributed by atoms with van der Waals surface area (Å²) in [6.07, 6.45) is 0. The molecule has 0 N–H and O–H groups in total. The van der Waals surface area contributed by atoms with E-state index < -0.39 is 0 Å². The Bertz CT molecular complexity index is 3810. The largest absolute Gasteiger partial charge is 0.456 e. The molecule has 10 aromatic carbocycles. The van der Waals surface area contributed by atoms with Gasteiger partial charge < -0.3 is 13.7 Å². The molecule has 0 amide bonds. The van der Waals surface area contributed by atoms with Gasteiger partial charge in [-0.25, -0.2) is 0 Å². The van der Waals surface area contributed by atoms with Gasteiger partial charge >= 0.3 is 0 Å². The van der Waals surface area contributed by atoms with E-state index in [-0.39, 0.29) is 5.41 Å². The molecule has 12 aromatic rings. The number of rotatable bonds is 6. The molecule has 3 nitrogen and oxygen atoms in total. The van der Waals surface area contributed by atoms with Crippen molar-refractivity contribution in [2.24, 2.45) is 0 Å². The molecule has 0 atom stereocenters. The number of para-hydroxylation sites is 3. The molecule has 3 heteroatoms. The van der Waals surface area contributed by atoms with Gasteiger partial charge in [-0.15, -0.1) is 0 Å². The molecule has 2 aromatic heterocycles. The molecule has 2 heterocycles. The van der Waals surface area contributed by atoms with Crippen molar-refractivity contribution < 1.29 is 8.83 Å². The Balaban J connectivity index is 0.961. The average molecular weight is 820 g/mol. The van der Waals surface area contributed by atoms with E-state index in [4.69, 9.17) is 8.83 Å². The summed E-state index contributed by atoms with van der Waals surface area (Å²) < 4.78 is 13.2. The number of benzene rings is 10. The van der Waals surface area contributed by atoms with E-state index in [0.29, 0.717) is 0 Å². The molecule has 302 valence electrons. The molecule has 13 rings (SSSR count). The van der Waals surface area contributed by atoms with Crippen molar-refractivity contribution in [3.05, 3.63) is 223 Å². The Kier molecular flexibility index (Phi) is 7.95. The fraction of sp³-hybridized carbons (Fsp3) is 0.0492. The molecule has 0 saturated heterocycles. The third kappa shape index (κ3) is 5.47. The highest BCUT2D eigenvalue weighted by Crippen LogP contribution is 2.52. The zero-order valence-electron chi connectivity index (χ0n) is 35.5. The van der Waals surface area contributed by atoms with Crippen molar-refractivity contribution in [1.29, 1.82) is 0 Å². The van der Waals surface area contributed by atoms with E-state index in [1.54, 1.807) is 0 Å². The first-order valence-corrected chi connectivity index (χ1v) is 22.1. The van der Waals surface area contributed by atoms with Gasteiger partial charge in [-0.1, -0.05) is 172 Å². The Labute approximate surface area is 371 Å². The minimum Gasteiger partial charge on any atom is -0.456 e. The summed E-state index contributed by atoms with van der Waals surface area (Å²) in [5.41, 5.74) is 18.9. The lowest BCUT2D eigenvalue weighted by Gasteiger charge is -2.28. The molecule has 1 aliphatic carbocycles. The van der Waals surface area contributed by atoms with Gasteiger partial charge in [0.1, 0.15) is 22.3 Å². The molecule has 0 unspecified atom stereocenters. The van der Waals surface area contributed by atoms with Crippen LogP contribution in [0.2, 0.25) is 0 Å². The summed E-state index contributed by atoms with van der Waals surface area (Å²) in [7, 11) is 0. The summed E-state index contributed by atoms with van der Waals surface area (Å²) in [6, 6.07) is 76.6. The number of furan rings is 2. The van der Waals surface area contributed by atoms with Crippen LogP contribution in [0.25, 0.3) is 99.2 Å². The van der Waals surface area contributed by atoms with Crippen LogP contribution in [0.15, 0.2) is 221 Å². The maximum Gasteiger partial charge on any atom is 0.143 e. The number of anilines is 3. The van der Waals surface area contributed by atoms with Crippen molar-refractivity contribution in [2.45, 2.75) is 19.3 Å². The second kappa shape index (κ2) is 13.9. The summed E-state index contributed by atoms with van der Waals surface area (Å²) in [4.78, 5) is 2.39. The van der Waals surface area contributed by atoms with E-state index in [0.717, 1.165) is 88.6 Å². The lowest BCUT2D eigenvalue weighted by molar-refractivity contribution is 0.662. The van der Waals surface area contributed by atoms with Crippen molar-refractivity contribution in [3.63, 3.8) is 0 Å². The predicted octanol–water partition coefficient (Wildman–Crippen LogP) is 17.4. The van der Waals surface area contributed by atoms with E-state index >= 15 is 0 Å². The number of hydrogen-bond donors (Lipinski definition) is 0. The highest BCUT2D eigenvalue weighted by atomic mass is 16.3. The quantitative estimate of drug-likeness (QED) is 0.167. The molecule has 0 bridgehead atoms. The second-order valence-corrected chi connectivity index (χ2v) is 17.6. The summed E-state index contributed by atoms with van der Waals surface area (Å²) >= 11 is 0. The van der Waals surface area contributed by atoms with Crippen molar-refractivity contribution in [1.82, 2.24) is 0 Å². The predicted molar refractivity (Wildman–Crippen MR) is 267 cm³/mol. The first kappa shape index (κ1) is 36.5. The van der Waals surface area contributed by atoms with Gasteiger partial charge in [0.25, 0.3) is 0 Å². The van der Waals surface area contributed by atoms with Gasteiger partial charge in [0, 0.05) is 54.8 Å². The monoisotopic (exact) mass is 819 g/mol. The van der Waals surface area contributed by atoms with E-state index in [9.17, 15) is 0 Å². The Morgan fingerprint density at radius 1 is 0.359 bits per heavy atom. The lowest BCUT2D eigenvalue weighted by atomic mass is 9.79.